The van der Waals surface area contributed by atoms with Crippen LogP contribution in [0.3, 0.4) is 0 Å². The fourth-order valence-corrected chi connectivity index (χ4v) is 5.34. The fraction of sp³-hybridized carbons (Fsp3) is 0.304. The second-order valence-corrected chi connectivity index (χ2v) is 9.63. The van der Waals surface area contributed by atoms with Crippen LogP contribution in [0.25, 0.3) is 0 Å². The number of amides is 2. The normalized spacial score (nSPS) is 14.6. The molecule has 2 aromatic heterocycles. The topological polar surface area (TPSA) is 52.7 Å². The van der Waals surface area contributed by atoms with Crippen molar-refractivity contribution in [2.24, 2.45) is 0 Å². The summed E-state index contributed by atoms with van der Waals surface area (Å²) in [4.78, 5) is 31.7. The Hall–Kier alpha value is -2.55. The van der Waals surface area contributed by atoms with Crippen molar-refractivity contribution in [2.45, 2.75) is 13.3 Å². The van der Waals surface area contributed by atoms with Crippen LogP contribution in [0, 0.1) is 12.7 Å². The summed E-state index contributed by atoms with van der Waals surface area (Å²) in [6, 6.07) is 11.6. The van der Waals surface area contributed by atoms with Crippen molar-refractivity contribution in [3.63, 3.8) is 0 Å². The number of piperazine rings is 1. The molecule has 3 heterocycles. The third kappa shape index (κ3) is 5.39. The predicted octanol–water partition coefficient (Wildman–Crippen LogP) is 4.51. The molecule has 1 aliphatic rings. The molecule has 1 fully saturated rings. The highest BCUT2D eigenvalue weighted by molar-refractivity contribution is 7.18. The Morgan fingerprint density at radius 1 is 1.10 bits per heavy atom. The molecular formula is C23H24FN3O2S2. The largest absolute Gasteiger partial charge is 0.335 e. The van der Waals surface area contributed by atoms with E-state index >= 15 is 0 Å². The number of rotatable bonds is 6. The third-order valence-corrected chi connectivity index (χ3v) is 7.43. The van der Waals surface area contributed by atoms with E-state index in [1.807, 2.05) is 11.8 Å². The summed E-state index contributed by atoms with van der Waals surface area (Å²) >= 11 is 3.05. The Balaban J connectivity index is 1.33. The maximum atomic E-state index is 13.4. The molecule has 2 amide bonds. The van der Waals surface area contributed by atoms with E-state index in [1.165, 1.54) is 34.4 Å². The van der Waals surface area contributed by atoms with E-state index in [4.69, 9.17) is 0 Å². The lowest BCUT2D eigenvalue weighted by molar-refractivity contribution is 0.0643. The average Bonchev–Trinajstić information content (AvgIpc) is 3.41. The van der Waals surface area contributed by atoms with Crippen LogP contribution in [-0.2, 0) is 6.42 Å². The number of carbonyl (C=O) groups excluding carboxylic acids is 2. The van der Waals surface area contributed by atoms with Gasteiger partial charge in [-0.2, -0.15) is 0 Å². The van der Waals surface area contributed by atoms with Crippen molar-refractivity contribution in [1.82, 2.24) is 9.80 Å². The van der Waals surface area contributed by atoms with E-state index in [0.29, 0.717) is 23.0 Å². The molecule has 1 N–H and O–H groups in total. The second kappa shape index (κ2) is 9.72. The van der Waals surface area contributed by atoms with E-state index in [0.717, 1.165) is 31.6 Å². The van der Waals surface area contributed by atoms with Crippen molar-refractivity contribution in [2.75, 3.05) is 38.0 Å². The highest BCUT2D eigenvalue weighted by atomic mass is 32.1. The maximum absolute atomic E-state index is 13.4. The summed E-state index contributed by atoms with van der Waals surface area (Å²) in [6.45, 7) is 6.02. The molecular weight excluding hydrogens is 433 g/mol. The Bertz CT molecular complexity index is 1060. The van der Waals surface area contributed by atoms with Gasteiger partial charge in [0.05, 0.1) is 9.88 Å². The van der Waals surface area contributed by atoms with Crippen LogP contribution in [0.4, 0.5) is 9.39 Å². The molecule has 0 atom stereocenters. The minimum Gasteiger partial charge on any atom is -0.335 e. The first-order chi connectivity index (χ1) is 15.0. The van der Waals surface area contributed by atoms with Crippen LogP contribution in [-0.4, -0.2) is 54.3 Å². The van der Waals surface area contributed by atoms with Crippen LogP contribution in [0.2, 0.25) is 0 Å². The minimum absolute atomic E-state index is 0.00617. The highest BCUT2D eigenvalue weighted by Gasteiger charge is 2.25. The Morgan fingerprint density at radius 3 is 2.61 bits per heavy atom. The fourth-order valence-electron chi connectivity index (χ4n) is 3.61. The number of nitrogens with one attached hydrogen (secondary N) is 1. The third-order valence-electron chi connectivity index (χ3n) is 5.35. The van der Waals surface area contributed by atoms with Gasteiger partial charge in [0.2, 0.25) is 0 Å². The van der Waals surface area contributed by atoms with Gasteiger partial charge in [0.1, 0.15) is 5.82 Å². The van der Waals surface area contributed by atoms with Gasteiger partial charge in [-0.1, -0.05) is 12.1 Å². The minimum atomic E-state index is -0.458. The maximum Gasteiger partial charge on any atom is 0.264 e. The number of anilines is 1. The van der Waals surface area contributed by atoms with Crippen LogP contribution >= 0.6 is 22.7 Å². The lowest BCUT2D eigenvalue weighted by Gasteiger charge is -2.34. The number of carbonyl (C=O) groups is 2. The van der Waals surface area contributed by atoms with Crippen LogP contribution in [0.1, 0.15) is 30.5 Å². The molecule has 0 unspecified atom stereocenters. The summed E-state index contributed by atoms with van der Waals surface area (Å²) in [7, 11) is 0. The van der Waals surface area contributed by atoms with E-state index in [2.05, 4.69) is 27.7 Å². The smallest absolute Gasteiger partial charge is 0.264 e. The molecule has 0 radical (unpaired) electrons. The molecule has 31 heavy (non-hydrogen) atoms. The lowest BCUT2D eigenvalue weighted by Crippen LogP contribution is -2.49. The van der Waals surface area contributed by atoms with Gasteiger partial charge < -0.3 is 10.2 Å². The molecule has 0 bridgehead atoms. The zero-order chi connectivity index (χ0) is 21.8. The predicted molar refractivity (Wildman–Crippen MR) is 124 cm³/mol. The van der Waals surface area contributed by atoms with Crippen molar-refractivity contribution < 1.29 is 14.0 Å². The van der Waals surface area contributed by atoms with Gasteiger partial charge in [-0.05, 0) is 54.6 Å². The zero-order valence-corrected chi connectivity index (χ0v) is 18.9. The Morgan fingerprint density at radius 2 is 1.90 bits per heavy atom. The second-order valence-electron chi connectivity index (χ2n) is 7.55. The standard InChI is InChI=1S/C23H24FN3O2S2/c1-16-14-20(25-22(28)17-4-2-5-18(24)15-17)31-21(16)23(29)27-11-9-26(10-12-27)8-7-19-6-3-13-30-19/h2-6,13-15H,7-12H2,1H3,(H,25,28). The van der Waals surface area contributed by atoms with Gasteiger partial charge in [0.15, 0.2) is 0 Å². The molecule has 1 aliphatic heterocycles. The first kappa shape index (κ1) is 21.7. The first-order valence-electron chi connectivity index (χ1n) is 10.2. The van der Waals surface area contributed by atoms with Crippen LogP contribution < -0.4 is 5.32 Å². The van der Waals surface area contributed by atoms with Crippen molar-refractivity contribution in [1.29, 1.82) is 0 Å². The number of halogens is 1. The molecule has 1 aromatic carbocycles. The van der Waals surface area contributed by atoms with Gasteiger partial charge in [-0.15, -0.1) is 22.7 Å². The molecule has 0 aliphatic carbocycles. The van der Waals surface area contributed by atoms with Crippen molar-refractivity contribution in [3.8, 4) is 0 Å². The van der Waals surface area contributed by atoms with Crippen LogP contribution in [0.15, 0.2) is 47.8 Å². The molecule has 162 valence electrons. The summed E-state index contributed by atoms with van der Waals surface area (Å²) in [5.74, 6) is -0.842. The van der Waals surface area contributed by atoms with E-state index in [1.54, 1.807) is 23.5 Å². The van der Waals surface area contributed by atoms with Gasteiger partial charge in [-0.3, -0.25) is 14.5 Å². The number of nitrogens with zero attached hydrogens (tertiary/aromatic N) is 2. The number of thiophene rings is 2. The van der Waals surface area contributed by atoms with E-state index in [9.17, 15) is 14.0 Å². The van der Waals surface area contributed by atoms with E-state index < -0.39 is 5.82 Å². The summed E-state index contributed by atoms with van der Waals surface area (Å²) in [5, 5.41) is 5.47. The first-order valence-corrected chi connectivity index (χ1v) is 11.9. The number of benzene rings is 1. The lowest BCUT2D eigenvalue weighted by atomic mass is 10.2. The number of hydrogen-bond acceptors (Lipinski definition) is 5. The zero-order valence-electron chi connectivity index (χ0n) is 17.3. The molecule has 0 saturated carbocycles. The van der Waals surface area contributed by atoms with Crippen LogP contribution in [0.5, 0.6) is 0 Å². The van der Waals surface area contributed by atoms with Crippen molar-refractivity contribution in [3.05, 3.63) is 74.5 Å². The summed E-state index contributed by atoms with van der Waals surface area (Å²) in [6.07, 6.45) is 1.05. The van der Waals surface area contributed by atoms with E-state index in [-0.39, 0.29) is 17.4 Å². The number of aryl methyl sites for hydroxylation is 1. The Kier molecular flexibility index (Phi) is 6.80. The Labute approximate surface area is 189 Å². The van der Waals surface area contributed by atoms with Gasteiger partial charge >= 0.3 is 0 Å². The molecule has 8 heteroatoms. The van der Waals surface area contributed by atoms with Gasteiger partial charge in [-0.25, -0.2) is 4.39 Å². The quantitative estimate of drug-likeness (QED) is 0.593. The number of hydrogen-bond donors (Lipinski definition) is 1. The molecule has 4 rings (SSSR count). The van der Waals surface area contributed by atoms with Gasteiger partial charge in [0, 0.05) is 43.2 Å². The summed E-state index contributed by atoms with van der Waals surface area (Å²) in [5.41, 5.74) is 1.09. The highest BCUT2D eigenvalue weighted by Crippen LogP contribution is 2.28. The van der Waals surface area contributed by atoms with Crippen molar-refractivity contribution >= 4 is 39.5 Å². The van der Waals surface area contributed by atoms with Gasteiger partial charge in [0.25, 0.3) is 11.8 Å². The molecule has 5 nitrogen and oxygen atoms in total. The molecule has 3 aromatic rings. The SMILES string of the molecule is Cc1cc(NC(=O)c2cccc(F)c2)sc1C(=O)N1CCN(CCc2cccs2)CC1. The molecule has 0 spiro atoms. The monoisotopic (exact) mass is 457 g/mol. The average molecular weight is 458 g/mol. The molecule has 1 saturated heterocycles. The summed E-state index contributed by atoms with van der Waals surface area (Å²) < 4.78 is 13.4.